The smallest absolute Gasteiger partial charge is 0.265 e. The summed E-state index contributed by atoms with van der Waals surface area (Å²) in [5, 5.41) is 3.51. The molecule has 2 aliphatic rings. The van der Waals surface area contributed by atoms with E-state index in [2.05, 4.69) is 52.5 Å². The molecular weight excluding hydrogens is 568 g/mol. The normalized spacial score (nSPS) is 17.0. The van der Waals surface area contributed by atoms with Crippen molar-refractivity contribution in [3.8, 4) is 0 Å². The number of aromatic nitrogens is 1. The number of pyridine rings is 1. The molecule has 4 aromatic rings. The van der Waals surface area contributed by atoms with Crippen molar-refractivity contribution in [3.05, 3.63) is 125 Å². The SMILES string of the molecule is CCc1cccnc1Nc1cccc(C2CCN(CCCN3C(=O)C(c4ccc(F)cc4)(c4ccc(F)cc4)N=C3C)CC2)c1. The van der Waals surface area contributed by atoms with E-state index in [1.165, 1.54) is 35.4 Å². The summed E-state index contributed by atoms with van der Waals surface area (Å²) in [7, 11) is 0. The highest BCUT2D eigenvalue weighted by atomic mass is 19.1. The van der Waals surface area contributed by atoms with E-state index in [-0.39, 0.29) is 17.5 Å². The molecule has 0 bridgehead atoms. The molecule has 0 atom stereocenters. The van der Waals surface area contributed by atoms with Crippen molar-refractivity contribution in [2.24, 2.45) is 4.99 Å². The number of hydrogen-bond acceptors (Lipinski definition) is 5. The number of likely N-dealkylation sites (tertiary alicyclic amines) is 1. The molecule has 6 rings (SSSR count). The zero-order valence-corrected chi connectivity index (χ0v) is 25.8. The first-order valence-electron chi connectivity index (χ1n) is 15.8. The lowest BCUT2D eigenvalue weighted by Crippen LogP contribution is -2.43. The Kier molecular flexibility index (Phi) is 9.03. The van der Waals surface area contributed by atoms with E-state index >= 15 is 0 Å². The van der Waals surface area contributed by atoms with Crippen LogP contribution >= 0.6 is 0 Å². The highest BCUT2D eigenvalue weighted by molar-refractivity contribution is 6.09. The molecule has 45 heavy (non-hydrogen) atoms. The van der Waals surface area contributed by atoms with Gasteiger partial charge >= 0.3 is 0 Å². The lowest BCUT2D eigenvalue weighted by atomic mass is 9.82. The van der Waals surface area contributed by atoms with Crippen molar-refractivity contribution in [2.75, 3.05) is 31.5 Å². The fourth-order valence-electron chi connectivity index (χ4n) is 6.67. The Morgan fingerprint density at radius 3 is 2.20 bits per heavy atom. The third kappa shape index (κ3) is 6.38. The van der Waals surface area contributed by atoms with E-state index in [4.69, 9.17) is 4.99 Å². The van der Waals surface area contributed by atoms with Crippen LogP contribution in [0.5, 0.6) is 0 Å². The summed E-state index contributed by atoms with van der Waals surface area (Å²) in [6.07, 6.45) is 5.71. The van der Waals surface area contributed by atoms with E-state index in [0.717, 1.165) is 56.8 Å². The van der Waals surface area contributed by atoms with E-state index < -0.39 is 5.54 Å². The van der Waals surface area contributed by atoms with Gasteiger partial charge in [0.2, 0.25) is 0 Å². The van der Waals surface area contributed by atoms with Gasteiger partial charge in [0.05, 0.1) is 0 Å². The number of piperidine rings is 1. The van der Waals surface area contributed by atoms with Crippen LogP contribution in [-0.4, -0.2) is 52.7 Å². The number of carbonyl (C=O) groups is 1. The molecule has 1 N–H and O–H groups in total. The van der Waals surface area contributed by atoms with Crippen molar-refractivity contribution < 1.29 is 13.6 Å². The Balaban J connectivity index is 1.06. The lowest BCUT2D eigenvalue weighted by Gasteiger charge is -2.33. The molecule has 0 spiro atoms. The van der Waals surface area contributed by atoms with Gasteiger partial charge in [-0.15, -0.1) is 0 Å². The third-order valence-electron chi connectivity index (χ3n) is 9.14. The summed E-state index contributed by atoms with van der Waals surface area (Å²) in [6, 6.07) is 24.5. The summed E-state index contributed by atoms with van der Waals surface area (Å²) in [5.41, 5.74) is 3.38. The van der Waals surface area contributed by atoms with Crippen molar-refractivity contribution in [1.29, 1.82) is 0 Å². The molecule has 0 saturated carbocycles. The molecule has 1 fully saturated rings. The molecule has 0 aliphatic carbocycles. The fourth-order valence-corrected chi connectivity index (χ4v) is 6.67. The standard InChI is InChI=1S/C37H39F2N5O/c1-3-27-8-5-20-40-35(27)41-34-9-4-7-29(25-34)28-18-23-43(24-19-28)21-6-22-44-26(2)42-37(36(44)45,30-10-14-32(38)15-11-30)31-12-16-33(39)17-13-31/h4-5,7-17,20,25,28H,3,6,18-19,21-24H2,1-2H3,(H,40,41). The maximum Gasteiger partial charge on any atom is 0.265 e. The number of rotatable bonds is 10. The topological polar surface area (TPSA) is 60.8 Å². The largest absolute Gasteiger partial charge is 0.340 e. The van der Waals surface area contributed by atoms with Crippen LogP contribution in [0.4, 0.5) is 20.3 Å². The fraction of sp³-hybridized carbons (Fsp3) is 0.324. The Hall–Kier alpha value is -4.43. The Morgan fingerprint density at radius 1 is 0.889 bits per heavy atom. The predicted molar refractivity (Wildman–Crippen MR) is 175 cm³/mol. The van der Waals surface area contributed by atoms with Crippen LogP contribution in [0.25, 0.3) is 0 Å². The maximum atomic E-state index is 14.1. The first-order valence-corrected chi connectivity index (χ1v) is 15.8. The molecule has 1 aromatic heterocycles. The highest BCUT2D eigenvalue weighted by Gasteiger charge is 2.49. The number of aryl methyl sites for hydroxylation is 1. The summed E-state index contributed by atoms with van der Waals surface area (Å²) in [6.45, 7) is 7.37. The molecule has 1 saturated heterocycles. The van der Waals surface area contributed by atoms with E-state index in [0.29, 0.717) is 29.4 Å². The Morgan fingerprint density at radius 2 is 1.56 bits per heavy atom. The zero-order valence-electron chi connectivity index (χ0n) is 25.8. The molecule has 3 aromatic carbocycles. The van der Waals surface area contributed by atoms with Crippen LogP contribution in [0.3, 0.4) is 0 Å². The van der Waals surface area contributed by atoms with Gasteiger partial charge in [0, 0.05) is 18.4 Å². The number of nitrogens with one attached hydrogen (secondary N) is 1. The summed E-state index contributed by atoms with van der Waals surface area (Å²) < 4.78 is 27.6. The van der Waals surface area contributed by atoms with Crippen LogP contribution < -0.4 is 5.32 Å². The van der Waals surface area contributed by atoms with Gasteiger partial charge in [-0.05, 0) is 123 Å². The molecule has 6 nitrogen and oxygen atoms in total. The second-order valence-electron chi connectivity index (χ2n) is 11.9. The van der Waals surface area contributed by atoms with Crippen molar-refractivity contribution in [1.82, 2.24) is 14.8 Å². The number of aliphatic imine (C=N–C) groups is 1. The zero-order chi connectivity index (χ0) is 31.4. The second kappa shape index (κ2) is 13.3. The van der Waals surface area contributed by atoms with Gasteiger partial charge in [0.1, 0.15) is 23.3 Å². The van der Waals surface area contributed by atoms with Gasteiger partial charge in [0.25, 0.3) is 5.91 Å². The molecule has 2 aliphatic heterocycles. The van der Waals surface area contributed by atoms with Crippen LogP contribution in [0.2, 0.25) is 0 Å². The van der Waals surface area contributed by atoms with Crippen LogP contribution in [0.1, 0.15) is 61.3 Å². The molecule has 3 heterocycles. The Labute approximate surface area is 263 Å². The van der Waals surface area contributed by atoms with Gasteiger partial charge in [-0.2, -0.15) is 0 Å². The monoisotopic (exact) mass is 607 g/mol. The van der Waals surface area contributed by atoms with Crippen molar-refractivity contribution >= 4 is 23.2 Å². The van der Waals surface area contributed by atoms with Crippen molar-refractivity contribution in [3.63, 3.8) is 0 Å². The number of anilines is 2. The van der Waals surface area contributed by atoms with Gasteiger partial charge in [-0.25, -0.2) is 18.8 Å². The number of amides is 1. The quantitative estimate of drug-likeness (QED) is 0.204. The second-order valence-corrected chi connectivity index (χ2v) is 11.9. The number of amidine groups is 1. The number of halogens is 2. The van der Waals surface area contributed by atoms with Gasteiger partial charge in [0.15, 0.2) is 5.54 Å². The summed E-state index contributed by atoms with van der Waals surface area (Å²) in [5.74, 6) is 1.05. The minimum atomic E-state index is -1.36. The summed E-state index contributed by atoms with van der Waals surface area (Å²) >= 11 is 0. The molecular formula is C37H39F2N5O. The Bertz CT molecular complexity index is 1620. The summed E-state index contributed by atoms with van der Waals surface area (Å²) in [4.78, 5) is 27.7. The van der Waals surface area contributed by atoms with Crippen LogP contribution in [0.15, 0.2) is 96.1 Å². The molecule has 1 amide bonds. The molecule has 0 radical (unpaired) electrons. The van der Waals surface area contributed by atoms with Crippen LogP contribution in [0, 0.1) is 11.6 Å². The maximum absolute atomic E-state index is 14.1. The van der Waals surface area contributed by atoms with Crippen molar-refractivity contribution in [2.45, 2.75) is 51.0 Å². The third-order valence-corrected chi connectivity index (χ3v) is 9.14. The highest BCUT2D eigenvalue weighted by Crippen LogP contribution is 2.40. The molecule has 232 valence electrons. The average molecular weight is 608 g/mol. The lowest BCUT2D eigenvalue weighted by molar-refractivity contribution is -0.130. The minimum absolute atomic E-state index is 0.192. The van der Waals surface area contributed by atoms with Gasteiger partial charge in [-0.3, -0.25) is 9.69 Å². The number of carbonyl (C=O) groups excluding carboxylic acids is 1. The van der Waals surface area contributed by atoms with E-state index in [9.17, 15) is 13.6 Å². The number of benzene rings is 3. The predicted octanol–water partition coefficient (Wildman–Crippen LogP) is 7.44. The van der Waals surface area contributed by atoms with Gasteiger partial charge in [-0.1, -0.05) is 49.4 Å². The van der Waals surface area contributed by atoms with Crippen LogP contribution in [-0.2, 0) is 16.8 Å². The number of nitrogens with zero attached hydrogens (tertiary/aromatic N) is 4. The molecule has 0 unspecified atom stereocenters. The first-order chi connectivity index (χ1) is 21.9. The minimum Gasteiger partial charge on any atom is -0.340 e. The molecule has 8 heteroatoms. The van der Waals surface area contributed by atoms with E-state index in [1.54, 1.807) is 29.2 Å². The number of hydrogen-bond donors (Lipinski definition) is 1. The van der Waals surface area contributed by atoms with Gasteiger partial charge < -0.3 is 10.2 Å². The first kappa shape index (κ1) is 30.6. The van der Waals surface area contributed by atoms with E-state index in [1.807, 2.05) is 19.2 Å². The average Bonchev–Trinajstić information content (AvgIpc) is 3.32.